The van der Waals surface area contributed by atoms with Crippen molar-refractivity contribution in [2.45, 2.75) is 25.8 Å². The van der Waals surface area contributed by atoms with Crippen LogP contribution in [0.1, 0.15) is 18.4 Å². The molecule has 2 aromatic heterocycles. The molecule has 3 N–H and O–H groups in total. The number of hydrogen-bond acceptors (Lipinski definition) is 7. The number of ether oxygens (including phenoxy) is 2. The molecule has 2 aliphatic heterocycles. The van der Waals surface area contributed by atoms with Gasteiger partial charge in [0, 0.05) is 54.7 Å². The van der Waals surface area contributed by atoms with Gasteiger partial charge in [0.05, 0.1) is 5.69 Å². The highest BCUT2D eigenvalue weighted by Gasteiger charge is 2.27. The number of nitrogen functional groups attached to an aromatic ring is 1. The number of anilines is 3. The van der Waals surface area contributed by atoms with Crippen molar-refractivity contribution in [2.75, 3.05) is 42.3 Å². The maximum absolute atomic E-state index is 15.4. The molecule has 1 fully saturated rings. The van der Waals surface area contributed by atoms with E-state index in [9.17, 15) is 4.79 Å². The molecule has 5 rings (SSSR count). The maximum Gasteiger partial charge on any atom is 0.284 e. The van der Waals surface area contributed by atoms with E-state index < -0.39 is 11.1 Å². The lowest BCUT2D eigenvalue weighted by Crippen LogP contribution is -2.41. The van der Waals surface area contributed by atoms with E-state index in [2.05, 4.69) is 27.9 Å². The molecular weight excluding hydrogens is 445 g/mol. The Kier molecular flexibility index (Phi) is 5.71. The Hall–Kier alpha value is -3.11. The van der Waals surface area contributed by atoms with Crippen LogP contribution in [0.5, 0.6) is 5.88 Å². The fourth-order valence-corrected chi connectivity index (χ4v) is 4.76. The number of nitrogens with one attached hydrogen (secondary N) is 1. The van der Waals surface area contributed by atoms with Crippen molar-refractivity contribution in [3.8, 4) is 17.0 Å². The van der Waals surface area contributed by atoms with Gasteiger partial charge in [-0.15, -0.1) is 0 Å². The van der Waals surface area contributed by atoms with Crippen molar-refractivity contribution in [3.63, 3.8) is 0 Å². The first-order valence-corrected chi connectivity index (χ1v) is 11.2. The van der Waals surface area contributed by atoms with Crippen LogP contribution in [-0.4, -0.2) is 47.6 Å². The summed E-state index contributed by atoms with van der Waals surface area (Å²) in [6, 6.07) is 3.40. The lowest BCUT2D eigenvalue weighted by molar-refractivity contribution is 0.0861. The third kappa shape index (κ3) is 3.83. The standard InChI is InChI=1S/C23H24FN5O3S/c1-12-16(10-28-22-21(12)26-4-7-32-22)15-8-13-9-18(27-11-17(13)20(25)19(15)24)29(23(30)33)14-2-5-31-6-3-14/h8-11,14,26H,2-7,25H2,1H3,(H,30,33). The highest BCUT2D eigenvalue weighted by Crippen LogP contribution is 2.40. The Balaban J connectivity index is 1.63. The molecule has 0 radical (unpaired) electrons. The summed E-state index contributed by atoms with van der Waals surface area (Å²) < 4.78 is 26.4. The summed E-state index contributed by atoms with van der Waals surface area (Å²) in [5.74, 6) is 0.412. The fourth-order valence-electron chi connectivity index (χ4n) is 4.49. The summed E-state index contributed by atoms with van der Waals surface area (Å²) in [7, 11) is 0. The van der Waals surface area contributed by atoms with E-state index in [1.807, 2.05) is 6.92 Å². The summed E-state index contributed by atoms with van der Waals surface area (Å²) in [6.45, 7) is 4.21. The first kappa shape index (κ1) is 21.7. The predicted octanol–water partition coefficient (Wildman–Crippen LogP) is 4.17. The maximum atomic E-state index is 15.4. The average molecular weight is 470 g/mol. The Morgan fingerprint density at radius 1 is 1.21 bits per heavy atom. The van der Waals surface area contributed by atoms with Crippen molar-refractivity contribution in [3.05, 3.63) is 35.9 Å². The molecular formula is C23H24FN5O3S. The smallest absolute Gasteiger partial charge is 0.284 e. The molecule has 8 nitrogen and oxygen atoms in total. The average Bonchev–Trinajstić information content (AvgIpc) is 2.83. The first-order chi connectivity index (χ1) is 16.0. The number of aromatic nitrogens is 2. The van der Waals surface area contributed by atoms with Crippen LogP contribution in [0, 0.1) is 12.7 Å². The number of benzene rings is 1. The number of thiol groups is 1. The predicted molar refractivity (Wildman–Crippen MR) is 129 cm³/mol. The van der Waals surface area contributed by atoms with Crippen LogP contribution >= 0.6 is 12.6 Å². The van der Waals surface area contributed by atoms with Crippen LogP contribution in [0.4, 0.5) is 26.4 Å². The number of nitrogens with two attached hydrogens (primary N) is 1. The Bertz CT molecular complexity index is 1250. The van der Waals surface area contributed by atoms with Gasteiger partial charge in [-0.25, -0.2) is 14.4 Å². The molecule has 1 saturated heterocycles. The number of fused-ring (bicyclic) bond motifs is 2. The summed E-state index contributed by atoms with van der Waals surface area (Å²) in [4.78, 5) is 22.7. The monoisotopic (exact) mass is 469 g/mol. The van der Waals surface area contributed by atoms with Crippen molar-refractivity contribution < 1.29 is 18.7 Å². The van der Waals surface area contributed by atoms with Crippen LogP contribution < -0.4 is 20.7 Å². The molecule has 0 spiro atoms. The van der Waals surface area contributed by atoms with Crippen LogP contribution in [0.3, 0.4) is 0 Å². The van der Waals surface area contributed by atoms with Gasteiger partial charge < -0.3 is 20.5 Å². The van der Waals surface area contributed by atoms with Gasteiger partial charge in [0.25, 0.3) is 5.24 Å². The number of nitrogens with zero attached hydrogens (tertiary/aromatic N) is 3. The van der Waals surface area contributed by atoms with E-state index in [1.54, 1.807) is 23.2 Å². The highest BCUT2D eigenvalue weighted by molar-refractivity contribution is 7.96. The topological polar surface area (TPSA) is 103 Å². The third-order valence-electron chi connectivity index (χ3n) is 6.23. The normalized spacial score (nSPS) is 16.1. The molecule has 1 amide bonds. The minimum Gasteiger partial charge on any atom is -0.474 e. The van der Waals surface area contributed by atoms with E-state index in [0.717, 1.165) is 11.3 Å². The molecule has 0 saturated carbocycles. The second-order valence-corrected chi connectivity index (χ2v) is 8.55. The number of hydrogen-bond donors (Lipinski definition) is 3. The summed E-state index contributed by atoms with van der Waals surface area (Å²) >= 11 is 4.08. The van der Waals surface area contributed by atoms with E-state index in [-0.39, 0.29) is 11.7 Å². The van der Waals surface area contributed by atoms with Crippen LogP contribution in [0.15, 0.2) is 24.5 Å². The molecule has 4 heterocycles. The van der Waals surface area contributed by atoms with Gasteiger partial charge in [-0.2, -0.15) is 0 Å². The number of amides is 1. The number of carbonyl (C=O) groups excluding carboxylic acids is 1. The van der Waals surface area contributed by atoms with E-state index in [1.165, 1.54) is 6.20 Å². The third-order valence-corrected chi connectivity index (χ3v) is 6.45. The molecule has 2 aliphatic rings. The van der Waals surface area contributed by atoms with Crippen molar-refractivity contribution >= 4 is 45.8 Å². The molecule has 0 bridgehead atoms. The van der Waals surface area contributed by atoms with E-state index in [4.69, 9.17) is 15.2 Å². The number of rotatable bonds is 3. The van der Waals surface area contributed by atoms with E-state index >= 15 is 4.39 Å². The fraction of sp³-hybridized carbons (Fsp3) is 0.348. The molecule has 172 valence electrons. The second-order valence-electron chi connectivity index (χ2n) is 8.16. The number of halogens is 1. The first-order valence-electron chi connectivity index (χ1n) is 10.8. The molecule has 0 aliphatic carbocycles. The molecule has 33 heavy (non-hydrogen) atoms. The SMILES string of the molecule is Cc1c(-c2cc3cc(N(C(=O)S)C4CCOCC4)ncc3c(N)c2F)cnc2c1NCCO2. The second kappa shape index (κ2) is 8.68. The van der Waals surface area contributed by atoms with Crippen molar-refractivity contribution in [1.29, 1.82) is 0 Å². The lowest BCUT2D eigenvalue weighted by Gasteiger charge is -2.32. The van der Waals surface area contributed by atoms with Crippen LogP contribution in [0.2, 0.25) is 0 Å². The zero-order valence-electron chi connectivity index (χ0n) is 18.1. The van der Waals surface area contributed by atoms with Gasteiger partial charge in [-0.3, -0.25) is 9.69 Å². The van der Waals surface area contributed by atoms with Gasteiger partial charge in [0.1, 0.15) is 18.1 Å². The largest absolute Gasteiger partial charge is 0.474 e. The Labute approximate surface area is 195 Å². The Morgan fingerprint density at radius 3 is 2.76 bits per heavy atom. The molecule has 3 aromatic rings. The quantitative estimate of drug-likeness (QED) is 0.391. The molecule has 0 unspecified atom stereocenters. The zero-order chi connectivity index (χ0) is 23.1. The summed E-state index contributed by atoms with van der Waals surface area (Å²) in [5.41, 5.74) is 8.69. The van der Waals surface area contributed by atoms with Gasteiger partial charge in [-0.05, 0) is 42.8 Å². The van der Waals surface area contributed by atoms with Gasteiger partial charge in [0.15, 0.2) is 5.82 Å². The minimum atomic E-state index is -0.537. The molecule has 10 heteroatoms. The van der Waals surface area contributed by atoms with Gasteiger partial charge in [0.2, 0.25) is 5.88 Å². The number of pyridine rings is 2. The molecule has 0 atom stereocenters. The Morgan fingerprint density at radius 2 is 2.00 bits per heavy atom. The van der Waals surface area contributed by atoms with Gasteiger partial charge in [-0.1, -0.05) is 12.6 Å². The van der Waals surface area contributed by atoms with Crippen LogP contribution in [-0.2, 0) is 4.74 Å². The summed E-state index contributed by atoms with van der Waals surface area (Å²) in [6.07, 6.45) is 4.48. The lowest BCUT2D eigenvalue weighted by atomic mass is 9.97. The minimum absolute atomic E-state index is 0.00213. The molecule has 1 aromatic carbocycles. The van der Waals surface area contributed by atoms with Gasteiger partial charge >= 0.3 is 0 Å². The number of carbonyl (C=O) groups is 1. The van der Waals surface area contributed by atoms with E-state index in [0.29, 0.717) is 72.8 Å². The van der Waals surface area contributed by atoms with Crippen molar-refractivity contribution in [1.82, 2.24) is 9.97 Å². The highest BCUT2D eigenvalue weighted by atomic mass is 32.1. The van der Waals surface area contributed by atoms with Crippen molar-refractivity contribution in [2.24, 2.45) is 0 Å². The zero-order valence-corrected chi connectivity index (χ0v) is 19.0. The van der Waals surface area contributed by atoms with Crippen LogP contribution in [0.25, 0.3) is 21.9 Å². The summed E-state index contributed by atoms with van der Waals surface area (Å²) in [5, 5.41) is 4.02.